The van der Waals surface area contributed by atoms with E-state index in [1.54, 1.807) is 0 Å². The van der Waals surface area contributed by atoms with E-state index in [9.17, 15) is 4.79 Å². The van der Waals surface area contributed by atoms with E-state index >= 15 is 0 Å². The van der Waals surface area contributed by atoms with Gasteiger partial charge in [0.2, 0.25) is 5.91 Å². The first-order valence-corrected chi connectivity index (χ1v) is 6.75. The van der Waals surface area contributed by atoms with Crippen molar-refractivity contribution >= 4 is 12.7 Å². The fourth-order valence-corrected chi connectivity index (χ4v) is 1.67. The predicted molar refractivity (Wildman–Crippen MR) is 73.0 cm³/mol. The molecule has 2 radical (unpaired) electrons. The van der Waals surface area contributed by atoms with Crippen LogP contribution < -0.4 is 0 Å². The Morgan fingerprint density at radius 3 is 1.89 bits per heavy atom. The molecule has 19 heavy (non-hydrogen) atoms. The fourth-order valence-electron chi connectivity index (χ4n) is 1.67. The maximum Gasteiger partial charge on any atom is 0.222 e. The normalized spacial score (nSPS) is 16.4. The quantitative estimate of drug-likeness (QED) is 0.769. The van der Waals surface area contributed by atoms with E-state index in [2.05, 4.69) is 20.8 Å². The van der Waals surface area contributed by atoms with Gasteiger partial charge in [0, 0.05) is 56.1 Å². The molecule has 0 N–H and O–H groups in total. The van der Waals surface area contributed by atoms with Crippen LogP contribution in [0.2, 0.25) is 0 Å². The number of nitrogens with zero attached hydrogens (tertiary/aromatic N) is 1. The Morgan fingerprint density at radius 1 is 1.11 bits per heavy atom. The maximum atomic E-state index is 11.3. The largest absolute Gasteiger partial charge is 0.340 e. The molecule has 1 amide bonds. The summed E-state index contributed by atoms with van der Waals surface area (Å²) in [7, 11) is 0. The Kier molecular flexibility index (Phi) is 30.0. The van der Waals surface area contributed by atoms with Crippen molar-refractivity contribution in [3.63, 3.8) is 0 Å². The van der Waals surface area contributed by atoms with Gasteiger partial charge in [0.1, 0.15) is 6.79 Å². The Hall–Kier alpha value is 0.309. The zero-order valence-corrected chi connectivity index (χ0v) is 15.7. The van der Waals surface area contributed by atoms with Gasteiger partial charge in [0.25, 0.3) is 0 Å². The monoisotopic (exact) mass is 345 g/mol. The summed E-state index contributed by atoms with van der Waals surface area (Å²) in [6.45, 7) is 11.4. The van der Waals surface area contributed by atoms with Crippen molar-refractivity contribution in [2.45, 2.75) is 72.3 Å². The molecule has 112 valence electrons. The van der Waals surface area contributed by atoms with Crippen LogP contribution in [0.25, 0.3) is 0 Å². The predicted octanol–water partition coefficient (Wildman–Crippen LogP) is 3.41. The van der Waals surface area contributed by atoms with Crippen molar-refractivity contribution in [1.29, 1.82) is 0 Å². The van der Waals surface area contributed by atoms with Crippen LogP contribution in [0.5, 0.6) is 0 Å². The van der Waals surface area contributed by atoms with Crippen LogP contribution in [0, 0.1) is 0 Å². The van der Waals surface area contributed by atoms with Gasteiger partial charge in [0.15, 0.2) is 0 Å². The summed E-state index contributed by atoms with van der Waals surface area (Å²) in [5, 5.41) is 0. The van der Waals surface area contributed by atoms with Crippen LogP contribution in [0.1, 0.15) is 66.2 Å². The number of carbonyl (C=O) groups excluding carboxylic acids is 2. The maximum absolute atomic E-state index is 11.3. The summed E-state index contributed by atoms with van der Waals surface area (Å²) in [4.78, 5) is 21.3. The van der Waals surface area contributed by atoms with E-state index in [0.29, 0.717) is 18.4 Å². The molecule has 5 heteroatoms. The molecular formula is C14H29NO2V2. The molecule has 0 aliphatic carbocycles. The molecule has 0 unspecified atom stereocenters. The Morgan fingerprint density at radius 2 is 1.58 bits per heavy atom. The molecule has 0 aromatic rings. The second-order valence-electron chi connectivity index (χ2n) is 4.29. The number of rotatable bonds is 2. The second-order valence-corrected chi connectivity index (χ2v) is 4.29. The van der Waals surface area contributed by atoms with E-state index in [-0.39, 0.29) is 37.1 Å². The number of unbranched alkanes of at least 4 members (excludes halogenated alkanes) is 1. The van der Waals surface area contributed by atoms with Gasteiger partial charge in [-0.15, -0.1) is 0 Å². The first-order chi connectivity index (χ1) is 8.17. The van der Waals surface area contributed by atoms with Crippen molar-refractivity contribution in [1.82, 2.24) is 4.90 Å². The first kappa shape index (κ1) is 27.6. The SMILES string of the molecule is C=O.CCC(=O)N1CCCC[C@H]1C.CCCC.[V].[V]. The standard InChI is InChI=1S/C9H17NO.C4H10.CH2O.2V/c1-3-9(11)10-7-5-4-6-8(10)2;1-3-4-2;1-2;;/h8H,3-7H2,1-2H3;3-4H2,1-2H3;1H2;;/t8-;;;;/m1..../s1. The molecule has 1 fully saturated rings. The van der Waals surface area contributed by atoms with Gasteiger partial charge in [-0.05, 0) is 26.2 Å². The molecule has 1 rings (SSSR count). The third kappa shape index (κ3) is 14.5. The number of hydrogen-bond donors (Lipinski definition) is 0. The van der Waals surface area contributed by atoms with Gasteiger partial charge >= 0.3 is 0 Å². The second kappa shape index (κ2) is 20.6. The molecule has 1 saturated heterocycles. The van der Waals surface area contributed by atoms with Crippen LogP contribution in [0.3, 0.4) is 0 Å². The van der Waals surface area contributed by atoms with Gasteiger partial charge in [-0.1, -0.05) is 33.6 Å². The minimum Gasteiger partial charge on any atom is -0.340 e. The zero-order chi connectivity index (χ0) is 13.7. The van der Waals surface area contributed by atoms with Crippen molar-refractivity contribution < 1.29 is 46.7 Å². The molecule has 0 spiro atoms. The molecular weight excluding hydrogens is 316 g/mol. The summed E-state index contributed by atoms with van der Waals surface area (Å²) in [6, 6.07) is 0.483. The van der Waals surface area contributed by atoms with E-state index in [1.807, 2.05) is 18.6 Å². The third-order valence-electron chi connectivity index (χ3n) is 2.93. The topological polar surface area (TPSA) is 37.4 Å². The molecule has 0 saturated carbocycles. The molecule has 1 atom stereocenters. The molecule has 0 bridgehead atoms. The average Bonchev–Trinajstić information content (AvgIpc) is 2.41. The van der Waals surface area contributed by atoms with Gasteiger partial charge in [-0.3, -0.25) is 4.79 Å². The zero-order valence-electron chi connectivity index (χ0n) is 12.9. The van der Waals surface area contributed by atoms with E-state index in [4.69, 9.17) is 4.79 Å². The van der Waals surface area contributed by atoms with E-state index in [0.717, 1.165) is 6.54 Å². The summed E-state index contributed by atoms with van der Waals surface area (Å²) in [5.74, 6) is 0.317. The van der Waals surface area contributed by atoms with Crippen LogP contribution in [-0.4, -0.2) is 30.2 Å². The van der Waals surface area contributed by atoms with Crippen LogP contribution in [-0.2, 0) is 46.7 Å². The molecule has 1 heterocycles. The smallest absolute Gasteiger partial charge is 0.222 e. The number of likely N-dealkylation sites (tertiary alicyclic amines) is 1. The number of carbonyl (C=O) groups is 2. The first-order valence-electron chi connectivity index (χ1n) is 6.75. The molecule has 1 aliphatic heterocycles. The Bertz CT molecular complexity index is 190. The molecule has 1 aliphatic rings. The molecule has 0 aromatic carbocycles. The minimum atomic E-state index is 0. The minimum absolute atomic E-state index is 0. The number of piperidine rings is 1. The number of amides is 1. The Labute approximate surface area is 143 Å². The third-order valence-corrected chi connectivity index (χ3v) is 2.93. The van der Waals surface area contributed by atoms with Crippen molar-refractivity contribution in [2.24, 2.45) is 0 Å². The van der Waals surface area contributed by atoms with Gasteiger partial charge in [0.05, 0.1) is 0 Å². The van der Waals surface area contributed by atoms with E-state index < -0.39 is 0 Å². The van der Waals surface area contributed by atoms with Crippen molar-refractivity contribution in [2.75, 3.05) is 6.54 Å². The van der Waals surface area contributed by atoms with Gasteiger partial charge < -0.3 is 9.69 Å². The number of hydrogen-bond acceptors (Lipinski definition) is 2. The van der Waals surface area contributed by atoms with Crippen LogP contribution in [0.15, 0.2) is 0 Å². The van der Waals surface area contributed by atoms with Crippen molar-refractivity contribution in [3.05, 3.63) is 0 Å². The summed E-state index contributed by atoms with van der Waals surface area (Å²) in [5.41, 5.74) is 0. The average molecular weight is 345 g/mol. The van der Waals surface area contributed by atoms with Crippen molar-refractivity contribution in [3.8, 4) is 0 Å². The van der Waals surface area contributed by atoms with Crippen LogP contribution in [0.4, 0.5) is 0 Å². The fraction of sp³-hybridized carbons (Fsp3) is 0.857. The molecule has 0 aromatic heterocycles. The summed E-state index contributed by atoms with van der Waals surface area (Å²) >= 11 is 0. The molecule has 3 nitrogen and oxygen atoms in total. The summed E-state index contributed by atoms with van der Waals surface area (Å²) in [6.07, 6.45) is 6.96. The van der Waals surface area contributed by atoms with Crippen LogP contribution >= 0.6 is 0 Å². The van der Waals surface area contributed by atoms with Gasteiger partial charge in [-0.2, -0.15) is 0 Å². The van der Waals surface area contributed by atoms with Gasteiger partial charge in [-0.25, -0.2) is 0 Å². The Balaban J connectivity index is -0.000000123. The van der Waals surface area contributed by atoms with E-state index in [1.165, 1.54) is 32.1 Å². The summed E-state index contributed by atoms with van der Waals surface area (Å²) < 4.78 is 0.